The van der Waals surface area contributed by atoms with Gasteiger partial charge in [0.05, 0.1) is 11.5 Å². The summed E-state index contributed by atoms with van der Waals surface area (Å²) in [6.07, 6.45) is 0.820. The highest BCUT2D eigenvalue weighted by atomic mass is 16.5. The molecule has 3 aromatic rings. The van der Waals surface area contributed by atoms with Crippen molar-refractivity contribution in [1.82, 2.24) is 0 Å². The minimum absolute atomic E-state index is 0.0482. The van der Waals surface area contributed by atoms with Gasteiger partial charge in [0.2, 0.25) is 5.91 Å². The van der Waals surface area contributed by atoms with Crippen LogP contribution in [0.15, 0.2) is 78.9 Å². The Kier molecular flexibility index (Phi) is 7.35. The van der Waals surface area contributed by atoms with Crippen molar-refractivity contribution in [3.8, 4) is 5.75 Å². The number of esters is 2. The normalized spacial score (nSPS) is 15.1. The van der Waals surface area contributed by atoms with E-state index in [2.05, 4.69) is 0 Å². The van der Waals surface area contributed by atoms with Crippen LogP contribution in [0.4, 0.5) is 5.69 Å². The Hall–Kier alpha value is -4.26. The number of Topliss-reactive ketones (excluding diaryl/α,β-unsaturated/α-hetero) is 1. The van der Waals surface area contributed by atoms with Crippen molar-refractivity contribution in [3.05, 3.63) is 95.6 Å². The van der Waals surface area contributed by atoms with Crippen molar-refractivity contribution in [2.24, 2.45) is 5.92 Å². The lowest BCUT2D eigenvalue weighted by atomic mass is 10.1. The minimum atomic E-state index is -0.625. The maximum absolute atomic E-state index is 12.6. The van der Waals surface area contributed by atoms with Crippen LogP contribution >= 0.6 is 0 Å². The molecule has 35 heavy (non-hydrogen) atoms. The Bertz CT molecular complexity index is 1240. The number of ether oxygens (including phenoxy) is 2. The lowest BCUT2D eigenvalue weighted by Gasteiger charge is -2.19. The number of carbonyl (C=O) groups excluding carboxylic acids is 4. The van der Waals surface area contributed by atoms with Crippen LogP contribution in [-0.4, -0.2) is 36.8 Å². The van der Waals surface area contributed by atoms with E-state index in [9.17, 15) is 19.2 Å². The van der Waals surface area contributed by atoms with Crippen LogP contribution in [0, 0.1) is 5.92 Å². The van der Waals surface area contributed by atoms with Gasteiger partial charge in [0, 0.05) is 24.2 Å². The lowest BCUT2D eigenvalue weighted by molar-refractivity contribution is -0.147. The topological polar surface area (TPSA) is 90.0 Å². The molecule has 0 spiro atoms. The number of para-hydroxylation sites is 1. The highest BCUT2D eigenvalue weighted by Gasteiger charge is 2.37. The standard InChI is InChI=1S/C28H25NO6/c1-2-19-8-6-7-11-24(19)29-17-22(16-26(29)31)27(32)34-18-25(30)20-12-14-23(15-13-20)35-28(33)21-9-4-3-5-10-21/h3-15,22H,2,16-18H2,1H3. The molecule has 1 heterocycles. The first kappa shape index (κ1) is 23.9. The monoisotopic (exact) mass is 471 g/mol. The third-order valence-corrected chi connectivity index (χ3v) is 5.86. The number of nitrogens with zero attached hydrogens (tertiary/aromatic N) is 1. The van der Waals surface area contributed by atoms with Gasteiger partial charge in [-0.1, -0.05) is 43.3 Å². The molecule has 4 rings (SSSR count). The third-order valence-electron chi connectivity index (χ3n) is 5.86. The molecular formula is C28H25NO6. The molecule has 1 fully saturated rings. The zero-order valence-corrected chi connectivity index (χ0v) is 19.3. The van der Waals surface area contributed by atoms with E-state index in [-0.39, 0.29) is 18.9 Å². The maximum Gasteiger partial charge on any atom is 0.343 e. The van der Waals surface area contributed by atoms with Crippen molar-refractivity contribution in [2.45, 2.75) is 19.8 Å². The van der Waals surface area contributed by atoms with Gasteiger partial charge < -0.3 is 14.4 Å². The van der Waals surface area contributed by atoms with E-state index in [1.807, 2.05) is 31.2 Å². The number of amides is 1. The molecule has 7 nitrogen and oxygen atoms in total. The minimum Gasteiger partial charge on any atom is -0.457 e. The molecule has 3 aromatic carbocycles. The van der Waals surface area contributed by atoms with Crippen molar-refractivity contribution in [2.75, 3.05) is 18.1 Å². The number of aryl methyl sites for hydroxylation is 1. The zero-order chi connectivity index (χ0) is 24.8. The van der Waals surface area contributed by atoms with Gasteiger partial charge in [-0.25, -0.2) is 4.79 Å². The van der Waals surface area contributed by atoms with Gasteiger partial charge in [0.1, 0.15) is 5.75 Å². The smallest absolute Gasteiger partial charge is 0.343 e. The molecule has 0 aromatic heterocycles. The van der Waals surface area contributed by atoms with Crippen LogP contribution in [0.2, 0.25) is 0 Å². The van der Waals surface area contributed by atoms with E-state index in [0.29, 0.717) is 16.9 Å². The molecule has 0 bridgehead atoms. The summed E-state index contributed by atoms with van der Waals surface area (Å²) in [5.74, 6) is -1.93. The molecule has 0 saturated carbocycles. The van der Waals surface area contributed by atoms with Gasteiger partial charge in [-0.3, -0.25) is 14.4 Å². The Balaban J connectivity index is 1.30. The summed E-state index contributed by atoms with van der Waals surface area (Å²) >= 11 is 0. The molecule has 0 N–H and O–H groups in total. The summed E-state index contributed by atoms with van der Waals surface area (Å²) in [6, 6.07) is 22.2. The predicted octanol–water partition coefficient (Wildman–Crippen LogP) is 4.25. The number of hydrogen-bond donors (Lipinski definition) is 0. The molecule has 1 atom stereocenters. The fraction of sp³-hybridized carbons (Fsp3) is 0.214. The van der Waals surface area contributed by atoms with Crippen LogP contribution in [0.5, 0.6) is 5.75 Å². The van der Waals surface area contributed by atoms with Crippen LogP contribution in [0.1, 0.15) is 39.6 Å². The molecule has 7 heteroatoms. The fourth-order valence-corrected chi connectivity index (χ4v) is 3.96. The third kappa shape index (κ3) is 5.63. The number of carbonyl (C=O) groups is 4. The molecule has 1 unspecified atom stereocenters. The van der Waals surface area contributed by atoms with Crippen molar-refractivity contribution < 1.29 is 28.7 Å². The van der Waals surface area contributed by atoms with E-state index in [0.717, 1.165) is 17.7 Å². The number of anilines is 1. The summed E-state index contributed by atoms with van der Waals surface area (Å²) in [7, 11) is 0. The summed E-state index contributed by atoms with van der Waals surface area (Å²) in [5.41, 5.74) is 2.57. The molecule has 1 saturated heterocycles. The van der Waals surface area contributed by atoms with E-state index < -0.39 is 30.2 Å². The first-order chi connectivity index (χ1) is 17.0. The number of hydrogen-bond acceptors (Lipinski definition) is 6. The molecule has 1 aliphatic rings. The summed E-state index contributed by atoms with van der Waals surface area (Å²) in [4.78, 5) is 51.3. The van der Waals surface area contributed by atoms with E-state index in [1.54, 1.807) is 35.2 Å². The van der Waals surface area contributed by atoms with Crippen molar-refractivity contribution in [1.29, 1.82) is 0 Å². The zero-order valence-electron chi connectivity index (χ0n) is 19.3. The van der Waals surface area contributed by atoms with Crippen LogP contribution in [0.25, 0.3) is 0 Å². The van der Waals surface area contributed by atoms with Crippen LogP contribution in [-0.2, 0) is 20.7 Å². The lowest BCUT2D eigenvalue weighted by Crippen LogP contribution is -2.28. The van der Waals surface area contributed by atoms with E-state index in [4.69, 9.17) is 9.47 Å². The molecular weight excluding hydrogens is 446 g/mol. The van der Waals surface area contributed by atoms with E-state index >= 15 is 0 Å². The highest BCUT2D eigenvalue weighted by molar-refractivity contribution is 6.01. The van der Waals surface area contributed by atoms with Gasteiger partial charge in [-0.15, -0.1) is 0 Å². The molecule has 1 aliphatic heterocycles. The number of rotatable bonds is 8. The van der Waals surface area contributed by atoms with E-state index in [1.165, 1.54) is 24.3 Å². The summed E-state index contributed by atoms with van der Waals surface area (Å²) in [6.45, 7) is 1.80. The second-order valence-electron chi connectivity index (χ2n) is 8.20. The molecule has 0 aliphatic carbocycles. The van der Waals surface area contributed by atoms with Gasteiger partial charge in [-0.2, -0.15) is 0 Å². The summed E-state index contributed by atoms with van der Waals surface area (Å²) in [5, 5.41) is 0. The molecule has 1 amide bonds. The largest absolute Gasteiger partial charge is 0.457 e. The SMILES string of the molecule is CCc1ccccc1N1CC(C(=O)OCC(=O)c2ccc(OC(=O)c3ccccc3)cc2)CC1=O. The Morgan fingerprint density at radius 2 is 1.57 bits per heavy atom. The Morgan fingerprint density at radius 3 is 2.29 bits per heavy atom. The average molecular weight is 472 g/mol. The average Bonchev–Trinajstić information content (AvgIpc) is 3.29. The van der Waals surface area contributed by atoms with Crippen LogP contribution < -0.4 is 9.64 Å². The van der Waals surface area contributed by atoms with Gasteiger partial charge in [-0.05, 0) is 54.4 Å². The second kappa shape index (κ2) is 10.8. The van der Waals surface area contributed by atoms with Crippen LogP contribution in [0.3, 0.4) is 0 Å². The summed E-state index contributed by atoms with van der Waals surface area (Å²) < 4.78 is 10.5. The quantitative estimate of drug-likeness (QED) is 0.277. The van der Waals surface area contributed by atoms with Gasteiger partial charge >= 0.3 is 11.9 Å². The Morgan fingerprint density at radius 1 is 0.886 bits per heavy atom. The Labute approximate surface area is 203 Å². The number of ketones is 1. The molecule has 0 radical (unpaired) electrons. The predicted molar refractivity (Wildman–Crippen MR) is 129 cm³/mol. The maximum atomic E-state index is 12.6. The van der Waals surface area contributed by atoms with Crippen molar-refractivity contribution in [3.63, 3.8) is 0 Å². The van der Waals surface area contributed by atoms with Gasteiger partial charge in [0.15, 0.2) is 12.4 Å². The first-order valence-corrected chi connectivity index (χ1v) is 11.4. The molecule has 178 valence electrons. The second-order valence-corrected chi connectivity index (χ2v) is 8.20. The number of benzene rings is 3. The highest BCUT2D eigenvalue weighted by Crippen LogP contribution is 2.29. The fourth-order valence-electron chi connectivity index (χ4n) is 3.96. The first-order valence-electron chi connectivity index (χ1n) is 11.4. The van der Waals surface area contributed by atoms with Crippen molar-refractivity contribution >= 4 is 29.3 Å². The van der Waals surface area contributed by atoms with Gasteiger partial charge in [0.25, 0.3) is 0 Å².